The van der Waals surface area contributed by atoms with E-state index in [1.54, 1.807) is 18.2 Å². The fourth-order valence-electron chi connectivity index (χ4n) is 1.91. The SMILES string of the molecule is CCOc1ccccc1C(O)c1cc(Cl)cc(Cl)c1. The van der Waals surface area contributed by atoms with Crippen molar-refractivity contribution in [1.29, 1.82) is 0 Å². The minimum absolute atomic E-state index is 0.496. The summed E-state index contributed by atoms with van der Waals surface area (Å²) in [6.07, 6.45) is -0.820. The lowest BCUT2D eigenvalue weighted by molar-refractivity contribution is 0.212. The van der Waals surface area contributed by atoms with Crippen molar-refractivity contribution in [3.8, 4) is 5.75 Å². The van der Waals surface area contributed by atoms with Crippen LogP contribution in [0, 0.1) is 0 Å². The van der Waals surface area contributed by atoms with Crippen LogP contribution in [-0.2, 0) is 0 Å². The van der Waals surface area contributed by atoms with Crippen LogP contribution in [0.15, 0.2) is 42.5 Å². The molecule has 0 radical (unpaired) electrons. The fourth-order valence-corrected chi connectivity index (χ4v) is 2.45. The minimum atomic E-state index is -0.820. The maximum absolute atomic E-state index is 10.5. The lowest BCUT2D eigenvalue weighted by Crippen LogP contribution is -2.04. The Hall–Kier alpha value is -1.22. The molecule has 100 valence electrons. The number of para-hydroxylation sites is 1. The van der Waals surface area contributed by atoms with Gasteiger partial charge in [-0.2, -0.15) is 0 Å². The number of halogens is 2. The average molecular weight is 297 g/mol. The molecule has 0 amide bonds. The van der Waals surface area contributed by atoms with E-state index in [0.717, 1.165) is 0 Å². The Bertz CT molecular complexity index is 550. The van der Waals surface area contributed by atoms with E-state index in [0.29, 0.717) is 33.5 Å². The predicted molar refractivity (Wildman–Crippen MR) is 78.1 cm³/mol. The quantitative estimate of drug-likeness (QED) is 0.902. The van der Waals surface area contributed by atoms with E-state index < -0.39 is 6.10 Å². The summed E-state index contributed by atoms with van der Waals surface area (Å²) in [4.78, 5) is 0. The molecule has 0 spiro atoms. The Balaban J connectivity index is 2.40. The van der Waals surface area contributed by atoms with E-state index in [9.17, 15) is 5.11 Å². The van der Waals surface area contributed by atoms with E-state index in [1.165, 1.54) is 0 Å². The normalized spacial score (nSPS) is 12.2. The molecule has 0 aromatic heterocycles. The topological polar surface area (TPSA) is 29.5 Å². The molecule has 0 aliphatic carbocycles. The van der Waals surface area contributed by atoms with Crippen molar-refractivity contribution in [3.05, 3.63) is 63.6 Å². The van der Waals surface area contributed by atoms with E-state index in [4.69, 9.17) is 27.9 Å². The summed E-state index contributed by atoms with van der Waals surface area (Å²) in [5.41, 5.74) is 1.34. The van der Waals surface area contributed by atoms with Crippen LogP contribution in [0.1, 0.15) is 24.2 Å². The molecule has 0 bridgehead atoms. The maximum atomic E-state index is 10.5. The summed E-state index contributed by atoms with van der Waals surface area (Å²) < 4.78 is 5.51. The lowest BCUT2D eigenvalue weighted by atomic mass is 10.0. The zero-order valence-electron chi connectivity index (χ0n) is 10.4. The second-order valence-electron chi connectivity index (χ2n) is 4.08. The molecule has 2 nitrogen and oxygen atoms in total. The summed E-state index contributed by atoms with van der Waals surface area (Å²) in [6.45, 7) is 2.44. The van der Waals surface area contributed by atoms with Gasteiger partial charge in [-0.15, -0.1) is 0 Å². The first-order valence-electron chi connectivity index (χ1n) is 5.97. The standard InChI is InChI=1S/C15H14Cl2O2/c1-2-19-14-6-4-3-5-13(14)15(18)10-7-11(16)9-12(17)8-10/h3-9,15,18H,2H2,1H3. The molecule has 19 heavy (non-hydrogen) atoms. The number of hydrogen-bond acceptors (Lipinski definition) is 2. The second-order valence-corrected chi connectivity index (χ2v) is 4.95. The summed E-state index contributed by atoms with van der Waals surface area (Å²) in [6, 6.07) is 12.4. The first kappa shape index (κ1) is 14.2. The number of benzene rings is 2. The van der Waals surface area contributed by atoms with Gasteiger partial charge < -0.3 is 9.84 Å². The largest absolute Gasteiger partial charge is 0.493 e. The highest BCUT2D eigenvalue weighted by molar-refractivity contribution is 6.34. The first-order chi connectivity index (χ1) is 9.11. The van der Waals surface area contributed by atoms with Crippen molar-refractivity contribution in [2.24, 2.45) is 0 Å². The number of rotatable bonds is 4. The molecule has 0 aliphatic rings. The molecule has 2 rings (SSSR count). The highest BCUT2D eigenvalue weighted by Crippen LogP contribution is 2.32. The number of hydrogen-bond donors (Lipinski definition) is 1. The molecule has 0 fully saturated rings. The number of aliphatic hydroxyl groups is 1. The molecule has 2 aromatic rings. The molecule has 1 N–H and O–H groups in total. The van der Waals surface area contributed by atoms with Gasteiger partial charge in [0.2, 0.25) is 0 Å². The van der Waals surface area contributed by atoms with Gasteiger partial charge in [0.15, 0.2) is 0 Å². The van der Waals surface area contributed by atoms with Gasteiger partial charge in [0.1, 0.15) is 11.9 Å². The van der Waals surface area contributed by atoms with Gasteiger partial charge in [0.05, 0.1) is 6.61 Å². The molecule has 0 saturated heterocycles. The van der Waals surface area contributed by atoms with Crippen molar-refractivity contribution in [2.75, 3.05) is 6.61 Å². The van der Waals surface area contributed by atoms with Crippen LogP contribution in [0.2, 0.25) is 10.0 Å². The zero-order valence-corrected chi connectivity index (χ0v) is 11.9. The van der Waals surface area contributed by atoms with Crippen LogP contribution < -0.4 is 4.74 Å². The molecule has 2 aromatic carbocycles. The van der Waals surface area contributed by atoms with E-state index in [-0.39, 0.29) is 0 Å². The maximum Gasteiger partial charge on any atom is 0.125 e. The Morgan fingerprint density at radius 2 is 1.74 bits per heavy atom. The number of aliphatic hydroxyl groups excluding tert-OH is 1. The molecule has 1 unspecified atom stereocenters. The molecular weight excluding hydrogens is 283 g/mol. The van der Waals surface area contributed by atoms with Crippen molar-refractivity contribution >= 4 is 23.2 Å². The lowest BCUT2D eigenvalue weighted by Gasteiger charge is -2.16. The monoisotopic (exact) mass is 296 g/mol. The van der Waals surface area contributed by atoms with Crippen LogP contribution in [0.4, 0.5) is 0 Å². The average Bonchev–Trinajstić information content (AvgIpc) is 2.38. The van der Waals surface area contributed by atoms with Gasteiger partial charge in [-0.25, -0.2) is 0 Å². The van der Waals surface area contributed by atoms with Crippen molar-refractivity contribution in [2.45, 2.75) is 13.0 Å². The molecular formula is C15H14Cl2O2. The highest BCUT2D eigenvalue weighted by Gasteiger charge is 2.16. The Morgan fingerprint density at radius 1 is 1.11 bits per heavy atom. The minimum Gasteiger partial charge on any atom is -0.493 e. The summed E-state index contributed by atoms with van der Waals surface area (Å²) in [7, 11) is 0. The van der Waals surface area contributed by atoms with Crippen molar-refractivity contribution in [1.82, 2.24) is 0 Å². The van der Waals surface area contributed by atoms with Crippen LogP contribution in [-0.4, -0.2) is 11.7 Å². The third kappa shape index (κ3) is 3.41. The van der Waals surface area contributed by atoms with Gasteiger partial charge in [-0.05, 0) is 36.8 Å². The fraction of sp³-hybridized carbons (Fsp3) is 0.200. The van der Waals surface area contributed by atoms with E-state index in [1.807, 2.05) is 31.2 Å². The van der Waals surface area contributed by atoms with E-state index in [2.05, 4.69) is 0 Å². The van der Waals surface area contributed by atoms with Crippen LogP contribution in [0.3, 0.4) is 0 Å². The van der Waals surface area contributed by atoms with Gasteiger partial charge in [-0.1, -0.05) is 41.4 Å². The van der Waals surface area contributed by atoms with Crippen molar-refractivity contribution < 1.29 is 9.84 Å². The Labute approximate surface area is 122 Å². The van der Waals surface area contributed by atoms with Gasteiger partial charge in [0, 0.05) is 15.6 Å². The van der Waals surface area contributed by atoms with E-state index >= 15 is 0 Å². The summed E-state index contributed by atoms with van der Waals surface area (Å²) in [5.74, 6) is 0.661. The summed E-state index contributed by atoms with van der Waals surface area (Å²) in [5, 5.41) is 11.4. The Morgan fingerprint density at radius 3 is 2.37 bits per heavy atom. The second kappa shape index (κ2) is 6.29. The Kier molecular flexibility index (Phi) is 4.70. The predicted octanol–water partition coefficient (Wildman–Crippen LogP) is 4.47. The van der Waals surface area contributed by atoms with Gasteiger partial charge in [-0.3, -0.25) is 0 Å². The third-order valence-corrected chi connectivity index (χ3v) is 3.15. The van der Waals surface area contributed by atoms with Crippen LogP contribution >= 0.6 is 23.2 Å². The van der Waals surface area contributed by atoms with Gasteiger partial charge in [0.25, 0.3) is 0 Å². The molecule has 0 heterocycles. The summed E-state index contributed by atoms with van der Waals surface area (Å²) >= 11 is 11.9. The third-order valence-electron chi connectivity index (χ3n) is 2.71. The molecule has 1 atom stereocenters. The zero-order chi connectivity index (χ0) is 13.8. The molecule has 4 heteroatoms. The molecule has 0 saturated carbocycles. The highest BCUT2D eigenvalue weighted by atomic mass is 35.5. The van der Waals surface area contributed by atoms with Crippen LogP contribution in [0.5, 0.6) is 5.75 Å². The van der Waals surface area contributed by atoms with Crippen LogP contribution in [0.25, 0.3) is 0 Å². The molecule has 0 aliphatic heterocycles. The smallest absolute Gasteiger partial charge is 0.125 e. The van der Waals surface area contributed by atoms with Crippen molar-refractivity contribution in [3.63, 3.8) is 0 Å². The number of ether oxygens (including phenoxy) is 1. The first-order valence-corrected chi connectivity index (χ1v) is 6.73. The van der Waals surface area contributed by atoms with Gasteiger partial charge >= 0.3 is 0 Å².